The number of aromatic nitrogens is 1. The average Bonchev–Trinajstić information content (AvgIpc) is 2.19. The van der Waals surface area contributed by atoms with E-state index in [0.29, 0.717) is 17.2 Å². The molecular formula is C9H13F2N3O. The van der Waals surface area contributed by atoms with Crippen molar-refractivity contribution in [3.05, 3.63) is 17.8 Å². The second-order valence-electron chi connectivity index (χ2n) is 3.15. The molecule has 1 atom stereocenters. The first-order chi connectivity index (χ1) is 7.00. The van der Waals surface area contributed by atoms with E-state index in [1.54, 1.807) is 19.1 Å². The van der Waals surface area contributed by atoms with Crippen LogP contribution in [-0.4, -0.2) is 29.2 Å². The fourth-order valence-electron chi connectivity index (χ4n) is 0.968. The van der Waals surface area contributed by atoms with E-state index in [-0.39, 0.29) is 6.54 Å². The molecule has 0 bridgehead atoms. The minimum Gasteiger partial charge on any atom is -0.397 e. The average molecular weight is 217 g/mol. The van der Waals surface area contributed by atoms with Gasteiger partial charge in [-0.3, -0.25) is 0 Å². The number of rotatable bonds is 4. The highest BCUT2D eigenvalue weighted by atomic mass is 19.3. The molecule has 6 heteroatoms. The molecule has 15 heavy (non-hydrogen) atoms. The molecule has 0 radical (unpaired) electrons. The number of nitrogen functional groups attached to an aromatic ring is 1. The van der Waals surface area contributed by atoms with Crippen LogP contribution in [0.25, 0.3) is 0 Å². The topological polar surface area (TPSA) is 71.2 Å². The molecule has 0 fully saturated rings. The van der Waals surface area contributed by atoms with Crippen molar-refractivity contribution in [3.63, 3.8) is 0 Å². The number of hydrogen-bond acceptors (Lipinski definition) is 4. The van der Waals surface area contributed by atoms with Crippen LogP contribution in [0.2, 0.25) is 0 Å². The maximum atomic E-state index is 11.9. The van der Waals surface area contributed by atoms with Crippen LogP contribution in [0.15, 0.2) is 12.1 Å². The van der Waals surface area contributed by atoms with Gasteiger partial charge in [-0.2, -0.15) is 0 Å². The number of nitrogens with two attached hydrogens (primary N) is 1. The van der Waals surface area contributed by atoms with E-state index in [9.17, 15) is 8.78 Å². The predicted octanol–water partition coefficient (Wildman–Crippen LogP) is 1.01. The Hall–Kier alpha value is -1.43. The van der Waals surface area contributed by atoms with Crippen LogP contribution >= 0.6 is 0 Å². The van der Waals surface area contributed by atoms with Crippen LogP contribution in [-0.2, 0) is 0 Å². The third-order valence-corrected chi connectivity index (χ3v) is 1.91. The second-order valence-corrected chi connectivity index (χ2v) is 3.15. The Morgan fingerprint density at radius 3 is 2.73 bits per heavy atom. The first kappa shape index (κ1) is 11.6. The van der Waals surface area contributed by atoms with Crippen LogP contribution in [0.5, 0.6) is 0 Å². The number of hydrogen-bond donors (Lipinski definition) is 3. The normalized spacial score (nSPS) is 12.9. The van der Waals surface area contributed by atoms with Crippen molar-refractivity contribution in [1.29, 1.82) is 0 Å². The van der Waals surface area contributed by atoms with Gasteiger partial charge in [0, 0.05) is 6.54 Å². The summed E-state index contributed by atoms with van der Waals surface area (Å²) in [6, 6.07) is 3.19. The summed E-state index contributed by atoms with van der Waals surface area (Å²) in [5, 5.41) is 11.4. The number of halogens is 2. The van der Waals surface area contributed by atoms with Crippen LogP contribution in [0.1, 0.15) is 5.69 Å². The van der Waals surface area contributed by atoms with Crippen LogP contribution < -0.4 is 11.1 Å². The number of alkyl halides is 2. The van der Waals surface area contributed by atoms with E-state index in [2.05, 4.69) is 10.3 Å². The molecule has 0 aliphatic rings. The molecule has 1 aromatic rings. The molecule has 84 valence electrons. The van der Waals surface area contributed by atoms with E-state index >= 15 is 0 Å². The summed E-state index contributed by atoms with van der Waals surface area (Å²) in [4.78, 5) is 4.01. The highest BCUT2D eigenvalue weighted by Gasteiger charge is 2.16. The molecule has 0 aliphatic carbocycles. The largest absolute Gasteiger partial charge is 0.397 e. The number of aryl methyl sites for hydroxylation is 1. The highest BCUT2D eigenvalue weighted by Crippen LogP contribution is 2.12. The summed E-state index contributed by atoms with van der Waals surface area (Å²) in [7, 11) is 0. The predicted molar refractivity (Wildman–Crippen MR) is 53.9 cm³/mol. The molecule has 1 unspecified atom stereocenters. The number of nitrogens with one attached hydrogen (secondary N) is 1. The smallest absolute Gasteiger partial charge is 0.265 e. The van der Waals surface area contributed by atoms with Crippen molar-refractivity contribution in [2.45, 2.75) is 19.5 Å². The second kappa shape index (κ2) is 4.88. The molecule has 0 spiro atoms. The summed E-state index contributed by atoms with van der Waals surface area (Å²) in [6.07, 6.45) is -4.45. The zero-order valence-electron chi connectivity index (χ0n) is 8.24. The standard InChI is InChI=1S/C9H13F2N3O/c1-5-6(12)2-3-8(14-5)13-4-7(15)9(10)11/h2-3,7,9,15H,4,12H2,1H3,(H,13,14). The maximum Gasteiger partial charge on any atom is 0.265 e. The maximum absolute atomic E-state index is 11.9. The van der Waals surface area contributed by atoms with E-state index in [1.165, 1.54) is 0 Å². The van der Waals surface area contributed by atoms with E-state index in [0.717, 1.165) is 0 Å². The highest BCUT2D eigenvalue weighted by molar-refractivity contribution is 5.49. The monoisotopic (exact) mass is 217 g/mol. The number of anilines is 2. The Balaban J connectivity index is 2.55. The zero-order chi connectivity index (χ0) is 11.4. The van der Waals surface area contributed by atoms with Gasteiger partial charge in [-0.15, -0.1) is 0 Å². The minimum absolute atomic E-state index is 0.242. The Kier molecular flexibility index (Phi) is 3.79. The molecule has 4 nitrogen and oxygen atoms in total. The van der Waals surface area contributed by atoms with E-state index in [1.807, 2.05) is 0 Å². The van der Waals surface area contributed by atoms with Gasteiger partial charge in [0.05, 0.1) is 11.4 Å². The Morgan fingerprint density at radius 1 is 1.53 bits per heavy atom. The first-order valence-corrected chi connectivity index (χ1v) is 4.44. The third-order valence-electron chi connectivity index (χ3n) is 1.91. The van der Waals surface area contributed by atoms with Crippen molar-refractivity contribution < 1.29 is 13.9 Å². The molecule has 0 amide bonds. The molecule has 4 N–H and O–H groups in total. The summed E-state index contributed by atoms with van der Waals surface area (Å²) < 4.78 is 23.9. The number of aliphatic hydroxyl groups excluding tert-OH is 1. The van der Waals surface area contributed by atoms with E-state index in [4.69, 9.17) is 10.8 Å². The van der Waals surface area contributed by atoms with Gasteiger partial charge in [-0.1, -0.05) is 0 Å². The number of pyridine rings is 1. The Bertz CT molecular complexity index is 333. The molecular weight excluding hydrogens is 204 g/mol. The lowest BCUT2D eigenvalue weighted by Crippen LogP contribution is -2.27. The van der Waals surface area contributed by atoms with Gasteiger partial charge in [0.1, 0.15) is 11.9 Å². The van der Waals surface area contributed by atoms with Crippen LogP contribution in [0, 0.1) is 6.92 Å². The van der Waals surface area contributed by atoms with Crippen LogP contribution in [0.4, 0.5) is 20.3 Å². The lowest BCUT2D eigenvalue weighted by molar-refractivity contribution is 0.00381. The van der Waals surface area contributed by atoms with Crippen molar-refractivity contribution >= 4 is 11.5 Å². The third kappa shape index (κ3) is 3.32. The number of nitrogens with zero attached hydrogens (tertiary/aromatic N) is 1. The molecule has 1 aromatic heterocycles. The van der Waals surface area contributed by atoms with Gasteiger partial charge in [0.25, 0.3) is 6.43 Å². The summed E-state index contributed by atoms with van der Waals surface area (Å²) in [5.74, 6) is 0.418. The van der Waals surface area contributed by atoms with Gasteiger partial charge in [0.15, 0.2) is 0 Å². The van der Waals surface area contributed by atoms with Gasteiger partial charge < -0.3 is 16.2 Å². The Morgan fingerprint density at radius 2 is 2.20 bits per heavy atom. The lowest BCUT2D eigenvalue weighted by atomic mass is 10.3. The fraction of sp³-hybridized carbons (Fsp3) is 0.444. The lowest BCUT2D eigenvalue weighted by Gasteiger charge is -2.11. The fourth-order valence-corrected chi connectivity index (χ4v) is 0.968. The summed E-state index contributed by atoms with van der Waals surface area (Å²) >= 11 is 0. The van der Waals surface area contributed by atoms with Crippen molar-refractivity contribution in [2.24, 2.45) is 0 Å². The Labute approximate surface area is 86.1 Å². The molecule has 1 rings (SSSR count). The van der Waals surface area contributed by atoms with Crippen molar-refractivity contribution in [2.75, 3.05) is 17.6 Å². The van der Waals surface area contributed by atoms with Gasteiger partial charge in [0.2, 0.25) is 0 Å². The van der Waals surface area contributed by atoms with Crippen molar-refractivity contribution in [3.8, 4) is 0 Å². The molecule has 1 heterocycles. The molecule has 0 aromatic carbocycles. The SMILES string of the molecule is Cc1nc(NCC(O)C(F)F)ccc1N. The van der Waals surface area contributed by atoms with Gasteiger partial charge in [-0.25, -0.2) is 13.8 Å². The van der Waals surface area contributed by atoms with Crippen LogP contribution in [0.3, 0.4) is 0 Å². The van der Waals surface area contributed by atoms with Crippen molar-refractivity contribution in [1.82, 2.24) is 4.98 Å². The van der Waals surface area contributed by atoms with Gasteiger partial charge in [-0.05, 0) is 19.1 Å². The summed E-state index contributed by atoms with van der Waals surface area (Å²) in [6.45, 7) is 1.47. The molecule has 0 saturated heterocycles. The molecule has 0 aliphatic heterocycles. The van der Waals surface area contributed by atoms with E-state index < -0.39 is 12.5 Å². The zero-order valence-corrected chi connectivity index (χ0v) is 8.24. The quantitative estimate of drug-likeness (QED) is 0.704. The molecule has 0 saturated carbocycles. The van der Waals surface area contributed by atoms with Gasteiger partial charge >= 0.3 is 0 Å². The number of aliphatic hydroxyl groups is 1. The first-order valence-electron chi connectivity index (χ1n) is 4.44. The minimum atomic E-state index is -2.76. The summed E-state index contributed by atoms with van der Waals surface area (Å²) in [5.41, 5.74) is 6.69.